The van der Waals surface area contributed by atoms with Gasteiger partial charge in [0.2, 0.25) is 0 Å². The third kappa shape index (κ3) is 4.28. The van der Waals surface area contributed by atoms with E-state index < -0.39 is 21.8 Å². The number of benzene rings is 2. The standard InChI is InChI=1S/C19H12Cl2N4O4S2/c20-11-2-1-3-13(10-11)25-17(26)15(21)16(18(25)27)23-12-4-6-14(7-5-12)31(28,29)24-19-22-8-9-30-19/h1-10,23H,(H,22,24). The zero-order valence-corrected chi connectivity index (χ0v) is 18.5. The van der Waals surface area contributed by atoms with Crippen molar-refractivity contribution in [3.05, 3.63) is 75.9 Å². The number of sulfonamides is 1. The molecule has 2 N–H and O–H groups in total. The topological polar surface area (TPSA) is 108 Å². The van der Waals surface area contributed by atoms with Gasteiger partial charge in [-0.15, -0.1) is 11.3 Å². The molecule has 0 unspecified atom stereocenters. The zero-order chi connectivity index (χ0) is 22.2. The number of carbonyl (C=O) groups excluding carboxylic acids is 2. The lowest BCUT2D eigenvalue weighted by molar-refractivity contribution is -0.120. The van der Waals surface area contributed by atoms with Crippen molar-refractivity contribution in [1.29, 1.82) is 0 Å². The molecule has 0 aliphatic carbocycles. The first-order chi connectivity index (χ1) is 14.8. The third-order valence-electron chi connectivity index (χ3n) is 4.18. The van der Waals surface area contributed by atoms with Gasteiger partial charge in [-0.3, -0.25) is 14.3 Å². The van der Waals surface area contributed by atoms with Gasteiger partial charge in [-0.1, -0.05) is 29.3 Å². The number of nitrogens with one attached hydrogen (secondary N) is 2. The van der Waals surface area contributed by atoms with Crippen LogP contribution in [0.3, 0.4) is 0 Å². The van der Waals surface area contributed by atoms with Crippen LogP contribution in [0.5, 0.6) is 0 Å². The number of halogens is 2. The molecular formula is C19H12Cl2N4O4S2. The van der Waals surface area contributed by atoms with E-state index in [1.807, 2.05) is 0 Å². The smallest absolute Gasteiger partial charge is 0.283 e. The Kier molecular flexibility index (Phi) is 5.71. The molecular weight excluding hydrogens is 483 g/mol. The fourth-order valence-electron chi connectivity index (χ4n) is 2.77. The molecule has 2 heterocycles. The van der Waals surface area contributed by atoms with Gasteiger partial charge in [-0.05, 0) is 42.5 Å². The van der Waals surface area contributed by atoms with E-state index in [1.54, 1.807) is 23.6 Å². The van der Waals surface area contributed by atoms with Gasteiger partial charge in [-0.2, -0.15) is 0 Å². The molecule has 0 bridgehead atoms. The molecule has 12 heteroatoms. The minimum Gasteiger partial charge on any atom is -0.350 e. The van der Waals surface area contributed by atoms with Crippen LogP contribution in [0.25, 0.3) is 0 Å². The average molecular weight is 495 g/mol. The van der Waals surface area contributed by atoms with Crippen molar-refractivity contribution in [2.45, 2.75) is 4.90 Å². The van der Waals surface area contributed by atoms with Crippen molar-refractivity contribution in [3.8, 4) is 0 Å². The van der Waals surface area contributed by atoms with Gasteiger partial charge in [-0.25, -0.2) is 18.3 Å². The van der Waals surface area contributed by atoms with E-state index in [0.29, 0.717) is 10.7 Å². The molecule has 1 aromatic heterocycles. The van der Waals surface area contributed by atoms with Crippen molar-refractivity contribution in [3.63, 3.8) is 0 Å². The fraction of sp³-hybridized carbons (Fsp3) is 0. The Morgan fingerprint density at radius 1 is 1.00 bits per heavy atom. The number of anilines is 3. The van der Waals surface area contributed by atoms with Gasteiger partial charge in [0.15, 0.2) is 5.13 Å². The predicted octanol–water partition coefficient (Wildman–Crippen LogP) is 4.03. The Labute approximate surface area is 191 Å². The Morgan fingerprint density at radius 2 is 1.74 bits per heavy atom. The van der Waals surface area contributed by atoms with E-state index in [0.717, 1.165) is 16.2 Å². The lowest BCUT2D eigenvalue weighted by atomic mass is 10.3. The number of imide groups is 1. The van der Waals surface area contributed by atoms with Crippen LogP contribution in [-0.4, -0.2) is 25.2 Å². The van der Waals surface area contributed by atoms with E-state index in [4.69, 9.17) is 23.2 Å². The number of nitrogens with zero attached hydrogens (tertiary/aromatic N) is 2. The van der Waals surface area contributed by atoms with Crippen molar-refractivity contribution in [2.75, 3.05) is 14.9 Å². The Hall–Kier alpha value is -2.92. The number of hydrogen-bond acceptors (Lipinski definition) is 7. The van der Waals surface area contributed by atoms with Crippen molar-refractivity contribution in [1.82, 2.24) is 4.98 Å². The van der Waals surface area contributed by atoms with Crippen LogP contribution in [0.2, 0.25) is 5.02 Å². The van der Waals surface area contributed by atoms with Crippen LogP contribution in [0, 0.1) is 0 Å². The largest absolute Gasteiger partial charge is 0.350 e. The highest BCUT2D eigenvalue weighted by Gasteiger charge is 2.39. The number of amides is 2. The summed E-state index contributed by atoms with van der Waals surface area (Å²) < 4.78 is 27.2. The maximum atomic E-state index is 12.8. The molecule has 0 atom stereocenters. The third-order valence-corrected chi connectivity index (χ3v) is 6.94. The number of hydrogen-bond donors (Lipinski definition) is 2. The number of thiazole rings is 1. The quantitative estimate of drug-likeness (QED) is 0.500. The fourth-order valence-corrected chi connectivity index (χ4v) is 4.96. The lowest BCUT2D eigenvalue weighted by Gasteiger charge is -2.15. The Bertz CT molecular complexity index is 1310. The molecule has 31 heavy (non-hydrogen) atoms. The molecule has 158 valence electrons. The van der Waals surface area contributed by atoms with Gasteiger partial charge >= 0.3 is 0 Å². The molecule has 4 rings (SSSR count). The Balaban J connectivity index is 1.54. The van der Waals surface area contributed by atoms with Crippen molar-refractivity contribution in [2.24, 2.45) is 0 Å². The summed E-state index contributed by atoms with van der Waals surface area (Å²) in [5.74, 6) is -1.34. The molecule has 0 radical (unpaired) electrons. The highest BCUT2D eigenvalue weighted by Crippen LogP contribution is 2.31. The second-order valence-electron chi connectivity index (χ2n) is 6.21. The summed E-state index contributed by atoms with van der Waals surface area (Å²) in [5, 5.41) is 4.75. The first-order valence-electron chi connectivity index (χ1n) is 8.60. The van der Waals surface area contributed by atoms with Gasteiger partial charge in [0, 0.05) is 22.3 Å². The van der Waals surface area contributed by atoms with Gasteiger partial charge < -0.3 is 5.32 Å². The van der Waals surface area contributed by atoms with Crippen LogP contribution in [-0.2, 0) is 19.6 Å². The predicted molar refractivity (Wildman–Crippen MR) is 120 cm³/mol. The molecule has 0 saturated heterocycles. The Morgan fingerprint density at radius 3 is 2.39 bits per heavy atom. The molecule has 8 nitrogen and oxygen atoms in total. The van der Waals surface area contributed by atoms with Crippen LogP contribution in [0.1, 0.15) is 0 Å². The monoisotopic (exact) mass is 494 g/mol. The summed E-state index contributed by atoms with van der Waals surface area (Å²) in [7, 11) is -3.82. The average Bonchev–Trinajstić information content (AvgIpc) is 3.30. The van der Waals surface area contributed by atoms with Crippen LogP contribution >= 0.6 is 34.5 Å². The van der Waals surface area contributed by atoms with Crippen molar-refractivity contribution < 1.29 is 18.0 Å². The molecule has 2 amide bonds. The summed E-state index contributed by atoms with van der Waals surface area (Å²) in [6.45, 7) is 0. The normalized spacial score (nSPS) is 14.3. The number of aromatic nitrogens is 1. The van der Waals surface area contributed by atoms with E-state index in [9.17, 15) is 18.0 Å². The molecule has 1 aliphatic heterocycles. The highest BCUT2D eigenvalue weighted by molar-refractivity contribution is 7.93. The second-order valence-corrected chi connectivity index (χ2v) is 9.60. The minimum absolute atomic E-state index is 0.00250. The van der Waals surface area contributed by atoms with E-state index in [-0.39, 0.29) is 26.4 Å². The van der Waals surface area contributed by atoms with Crippen LogP contribution < -0.4 is 14.9 Å². The highest BCUT2D eigenvalue weighted by atomic mass is 35.5. The van der Waals surface area contributed by atoms with Gasteiger partial charge in [0.1, 0.15) is 10.7 Å². The second kappa shape index (κ2) is 8.31. The van der Waals surface area contributed by atoms with Crippen LogP contribution in [0.15, 0.2) is 75.7 Å². The summed E-state index contributed by atoms with van der Waals surface area (Å²) in [6, 6.07) is 11.9. The minimum atomic E-state index is -3.82. The maximum Gasteiger partial charge on any atom is 0.283 e. The number of rotatable bonds is 6. The van der Waals surface area contributed by atoms with Gasteiger partial charge in [0.25, 0.3) is 21.8 Å². The van der Waals surface area contributed by atoms with E-state index in [1.165, 1.54) is 36.5 Å². The summed E-state index contributed by atoms with van der Waals surface area (Å²) in [6.07, 6.45) is 1.49. The molecule has 0 fully saturated rings. The zero-order valence-electron chi connectivity index (χ0n) is 15.4. The van der Waals surface area contributed by atoms with Crippen molar-refractivity contribution >= 4 is 72.9 Å². The molecule has 0 spiro atoms. The lowest BCUT2D eigenvalue weighted by Crippen LogP contribution is -2.32. The van der Waals surface area contributed by atoms with Crippen LogP contribution in [0.4, 0.5) is 16.5 Å². The maximum absolute atomic E-state index is 12.8. The molecule has 0 saturated carbocycles. The molecule has 2 aromatic carbocycles. The van der Waals surface area contributed by atoms with E-state index in [2.05, 4.69) is 15.0 Å². The summed E-state index contributed by atoms with van der Waals surface area (Å²) in [5.41, 5.74) is 0.533. The summed E-state index contributed by atoms with van der Waals surface area (Å²) >= 11 is 13.2. The molecule has 1 aliphatic rings. The van der Waals surface area contributed by atoms with E-state index >= 15 is 0 Å². The number of carbonyl (C=O) groups is 2. The summed E-state index contributed by atoms with van der Waals surface area (Å²) in [4.78, 5) is 30.1. The van der Waals surface area contributed by atoms with Gasteiger partial charge in [0.05, 0.1) is 10.6 Å². The molecule has 3 aromatic rings. The SMILES string of the molecule is O=C1C(Cl)=C(Nc2ccc(S(=O)(=O)Nc3nccs3)cc2)C(=O)N1c1cccc(Cl)c1. The first-order valence-corrected chi connectivity index (χ1v) is 11.7. The first kappa shape index (κ1) is 21.3.